The normalized spacial score (nSPS) is 23.8. The molecule has 1 N–H and O–H groups in total. The first kappa shape index (κ1) is 15.4. The molecule has 0 heterocycles. The van der Waals surface area contributed by atoms with Gasteiger partial charge in [-0.05, 0) is 38.0 Å². The Balaban J connectivity index is 0.000000385. The summed E-state index contributed by atoms with van der Waals surface area (Å²) in [6.45, 7) is 7.17. The Morgan fingerprint density at radius 3 is 2.44 bits per heavy atom. The van der Waals surface area contributed by atoms with Gasteiger partial charge in [0, 0.05) is 0 Å². The molecule has 1 rings (SSSR count). The van der Waals surface area contributed by atoms with Gasteiger partial charge in [-0.3, -0.25) is 4.79 Å². The summed E-state index contributed by atoms with van der Waals surface area (Å²) in [4.78, 5) is 9.18. The van der Waals surface area contributed by atoms with Gasteiger partial charge in [-0.15, -0.1) is 0 Å². The van der Waals surface area contributed by atoms with E-state index < -0.39 is 0 Å². The number of ether oxygens (including phenoxy) is 1. The topological polar surface area (TPSA) is 46.5 Å². The van der Waals surface area contributed by atoms with Crippen molar-refractivity contribution in [2.24, 2.45) is 11.8 Å². The van der Waals surface area contributed by atoms with Crippen LogP contribution in [0.1, 0.15) is 52.9 Å². The molecule has 0 bridgehead atoms. The molecule has 1 aliphatic rings. The molecule has 0 aromatic heterocycles. The zero-order valence-electron chi connectivity index (χ0n) is 10.8. The highest BCUT2D eigenvalue weighted by Gasteiger charge is 2.24. The van der Waals surface area contributed by atoms with Crippen LogP contribution in [0.15, 0.2) is 0 Å². The molecule has 3 nitrogen and oxygen atoms in total. The van der Waals surface area contributed by atoms with E-state index in [1.54, 1.807) is 6.92 Å². The maximum absolute atomic E-state index is 9.50. The fraction of sp³-hybridized carbons (Fsp3) is 0.923. The molecule has 0 aromatic rings. The minimum absolute atomic E-state index is 0.0220. The number of hydrogen-bond acceptors (Lipinski definition) is 3. The van der Waals surface area contributed by atoms with Crippen molar-refractivity contribution in [2.45, 2.75) is 59.0 Å². The molecule has 0 saturated heterocycles. The van der Waals surface area contributed by atoms with Crippen LogP contribution in [0.25, 0.3) is 0 Å². The molecule has 0 aliphatic heterocycles. The molecular formula is C13H26O3. The summed E-state index contributed by atoms with van der Waals surface area (Å²) in [7, 11) is 0. The molecule has 0 radical (unpaired) electrons. The monoisotopic (exact) mass is 230 g/mol. The van der Waals surface area contributed by atoms with Crippen LogP contribution >= 0.6 is 0 Å². The summed E-state index contributed by atoms with van der Waals surface area (Å²) in [6.07, 6.45) is 6.08. The van der Waals surface area contributed by atoms with E-state index in [1.165, 1.54) is 25.7 Å². The van der Waals surface area contributed by atoms with Crippen molar-refractivity contribution < 1.29 is 14.6 Å². The highest BCUT2D eigenvalue weighted by molar-refractivity contribution is 5.36. The Kier molecular flexibility index (Phi) is 9.30. The molecule has 16 heavy (non-hydrogen) atoms. The van der Waals surface area contributed by atoms with Crippen LogP contribution in [-0.2, 0) is 9.53 Å². The quantitative estimate of drug-likeness (QED) is 0.739. The molecule has 1 aliphatic carbocycles. The number of rotatable bonds is 5. The third kappa shape index (κ3) is 7.69. The van der Waals surface area contributed by atoms with Crippen LogP contribution in [0.2, 0.25) is 0 Å². The third-order valence-corrected chi connectivity index (χ3v) is 2.97. The van der Waals surface area contributed by atoms with Gasteiger partial charge < -0.3 is 9.84 Å². The van der Waals surface area contributed by atoms with Gasteiger partial charge in [-0.2, -0.15) is 0 Å². The van der Waals surface area contributed by atoms with Gasteiger partial charge in [0.05, 0.1) is 12.7 Å². The van der Waals surface area contributed by atoms with E-state index in [1.807, 2.05) is 0 Å². The Morgan fingerprint density at radius 1 is 1.44 bits per heavy atom. The van der Waals surface area contributed by atoms with Crippen molar-refractivity contribution in [3.8, 4) is 0 Å². The van der Waals surface area contributed by atoms with Crippen molar-refractivity contribution in [2.75, 3.05) is 6.61 Å². The summed E-state index contributed by atoms with van der Waals surface area (Å²) < 4.78 is 4.15. The summed E-state index contributed by atoms with van der Waals surface area (Å²) in [6, 6.07) is 0. The number of hydrogen-bond donors (Lipinski definition) is 1. The fourth-order valence-electron chi connectivity index (χ4n) is 1.97. The Hall–Kier alpha value is -0.570. The average molecular weight is 230 g/mol. The van der Waals surface area contributed by atoms with Crippen LogP contribution in [0, 0.1) is 11.8 Å². The second-order valence-electron chi connectivity index (χ2n) is 4.78. The lowest BCUT2D eigenvalue weighted by Gasteiger charge is -2.14. The molecular weight excluding hydrogens is 204 g/mol. The van der Waals surface area contributed by atoms with Gasteiger partial charge in [-0.25, -0.2) is 0 Å². The van der Waals surface area contributed by atoms with Gasteiger partial charge in [0.2, 0.25) is 0 Å². The smallest absolute Gasteiger partial charge is 0.293 e. The molecule has 0 spiro atoms. The van der Waals surface area contributed by atoms with Crippen LogP contribution in [-0.4, -0.2) is 24.3 Å². The second-order valence-corrected chi connectivity index (χ2v) is 4.78. The fourth-order valence-corrected chi connectivity index (χ4v) is 1.97. The Labute approximate surface area is 99.2 Å². The maximum atomic E-state index is 9.50. The van der Waals surface area contributed by atoms with Gasteiger partial charge >= 0.3 is 0 Å². The van der Waals surface area contributed by atoms with Crippen LogP contribution in [0.4, 0.5) is 0 Å². The lowest BCUT2D eigenvalue weighted by Crippen LogP contribution is -2.13. The summed E-state index contributed by atoms with van der Waals surface area (Å²) in [5.41, 5.74) is 0. The van der Waals surface area contributed by atoms with E-state index >= 15 is 0 Å². The molecule has 0 aromatic carbocycles. The Bertz CT molecular complexity index is 169. The third-order valence-electron chi connectivity index (χ3n) is 2.97. The van der Waals surface area contributed by atoms with E-state index in [0.29, 0.717) is 19.0 Å². The highest BCUT2D eigenvalue weighted by atomic mass is 16.5. The van der Waals surface area contributed by atoms with Crippen LogP contribution in [0.5, 0.6) is 0 Å². The van der Waals surface area contributed by atoms with Gasteiger partial charge in [0.1, 0.15) is 0 Å². The predicted octanol–water partition coefficient (Wildman–Crippen LogP) is 2.76. The number of aliphatic hydroxyl groups is 1. The number of carbonyl (C=O) groups excluding carboxylic acids is 1. The summed E-state index contributed by atoms with van der Waals surface area (Å²) >= 11 is 0. The maximum Gasteiger partial charge on any atom is 0.293 e. The minimum atomic E-state index is 0.0220. The van der Waals surface area contributed by atoms with E-state index in [0.717, 1.165) is 12.3 Å². The van der Waals surface area contributed by atoms with E-state index in [9.17, 15) is 9.90 Å². The molecule has 0 amide bonds. The molecule has 2 atom stereocenters. The van der Waals surface area contributed by atoms with Gasteiger partial charge in [-0.1, -0.05) is 26.7 Å². The van der Waals surface area contributed by atoms with Crippen molar-refractivity contribution in [3.05, 3.63) is 0 Å². The first-order valence-electron chi connectivity index (χ1n) is 6.35. The first-order valence-corrected chi connectivity index (χ1v) is 6.35. The zero-order chi connectivity index (χ0) is 12.4. The lowest BCUT2D eigenvalue weighted by atomic mass is 9.95. The predicted molar refractivity (Wildman–Crippen MR) is 65.1 cm³/mol. The number of carbonyl (C=O) groups is 1. The Morgan fingerprint density at radius 2 is 2.12 bits per heavy atom. The standard InChI is InChI=1S/C10H20O.C3H6O2/c1-8(2)6-7-9-4-3-5-10(9)11;1-2-5-3-4/h8-11H,3-7H2,1-2H3;3H,2H2,1H3. The van der Waals surface area contributed by atoms with E-state index in [-0.39, 0.29) is 6.10 Å². The van der Waals surface area contributed by atoms with E-state index in [4.69, 9.17) is 0 Å². The first-order chi connectivity index (χ1) is 7.61. The summed E-state index contributed by atoms with van der Waals surface area (Å²) in [5.74, 6) is 1.42. The molecule has 1 fully saturated rings. The van der Waals surface area contributed by atoms with Crippen LogP contribution in [0.3, 0.4) is 0 Å². The van der Waals surface area contributed by atoms with Crippen LogP contribution < -0.4 is 0 Å². The molecule has 1 saturated carbocycles. The van der Waals surface area contributed by atoms with E-state index in [2.05, 4.69) is 18.6 Å². The lowest BCUT2D eigenvalue weighted by molar-refractivity contribution is -0.128. The molecule has 96 valence electrons. The van der Waals surface area contributed by atoms with Gasteiger partial charge in [0.15, 0.2) is 0 Å². The average Bonchev–Trinajstić information content (AvgIpc) is 2.63. The zero-order valence-corrected chi connectivity index (χ0v) is 10.8. The number of aliphatic hydroxyl groups excluding tert-OH is 1. The van der Waals surface area contributed by atoms with Gasteiger partial charge in [0.25, 0.3) is 6.47 Å². The highest BCUT2D eigenvalue weighted by Crippen LogP contribution is 2.30. The summed E-state index contributed by atoms with van der Waals surface area (Å²) in [5, 5.41) is 9.50. The SMILES string of the molecule is CC(C)CCC1CCCC1O.CCOC=O. The molecule has 3 heteroatoms. The molecule has 2 unspecified atom stereocenters. The minimum Gasteiger partial charge on any atom is -0.468 e. The second kappa shape index (κ2) is 9.64. The van der Waals surface area contributed by atoms with Crippen molar-refractivity contribution in [1.29, 1.82) is 0 Å². The van der Waals surface area contributed by atoms with Crippen molar-refractivity contribution in [1.82, 2.24) is 0 Å². The van der Waals surface area contributed by atoms with Crippen molar-refractivity contribution in [3.63, 3.8) is 0 Å². The largest absolute Gasteiger partial charge is 0.468 e. The van der Waals surface area contributed by atoms with Crippen molar-refractivity contribution >= 4 is 6.47 Å².